The predicted octanol–water partition coefficient (Wildman–Crippen LogP) is 4.40. The van der Waals surface area contributed by atoms with Crippen molar-refractivity contribution in [2.75, 3.05) is 31.6 Å². The fourth-order valence-corrected chi connectivity index (χ4v) is 5.93. The number of carbonyl (C=O) groups excluding carboxylic acids is 1. The Bertz CT molecular complexity index is 1350. The van der Waals surface area contributed by atoms with Gasteiger partial charge in [-0.1, -0.05) is 11.8 Å². The number of benzene rings is 1. The summed E-state index contributed by atoms with van der Waals surface area (Å²) in [5.41, 5.74) is 0.302. The van der Waals surface area contributed by atoms with Gasteiger partial charge in [0, 0.05) is 34.9 Å². The summed E-state index contributed by atoms with van der Waals surface area (Å²) in [7, 11) is 1.86. The minimum atomic E-state index is -0.346. The Hall–Kier alpha value is -3.00. The van der Waals surface area contributed by atoms with E-state index in [2.05, 4.69) is 34.8 Å². The standard InChI is InChI=1S/C24H26N8O2S3/c1-16-26-23(37-30-16)28-22(33)21-19(9-10-20(27-21)36-24-29-25-15-31(24)2)35-18-7-5-17(6-8-18)34-14-13-32-11-3-4-12-32/h5-10,15H,3-4,11-14H2,1-2H3,(H,26,28,30,33). The van der Waals surface area contributed by atoms with Crippen molar-refractivity contribution in [2.45, 2.75) is 39.7 Å². The minimum absolute atomic E-state index is 0.302. The second-order valence-corrected chi connectivity index (χ2v) is 11.2. The van der Waals surface area contributed by atoms with E-state index in [1.165, 1.54) is 36.4 Å². The molecule has 1 fully saturated rings. The van der Waals surface area contributed by atoms with Crippen molar-refractivity contribution in [3.63, 3.8) is 0 Å². The van der Waals surface area contributed by atoms with Crippen LogP contribution in [0.1, 0.15) is 29.2 Å². The van der Waals surface area contributed by atoms with Gasteiger partial charge in [-0.2, -0.15) is 4.37 Å². The van der Waals surface area contributed by atoms with Crippen LogP contribution >= 0.6 is 35.1 Å². The van der Waals surface area contributed by atoms with Crippen LogP contribution in [0.2, 0.25) is 0 Å². The number of carbonyl (C=O) groups is 1. The van der Waals surface area contributed by atoms with Gasteiger partial charge in [0.15, 0.2) is 5.16 Å². The Labute approximate surface area is 227 Å². The molecule has 37 heavy (non-hydrogen) atoms. The zero-order valence-electron chi connectivity index (χ0n) is 20.5. The number of hydrogen-bond acceptors (Lipinski definition) is 11. The third-order valence-corrected chi connectivity index (χ3v) is 8.36. The lowest BCUT2D eigenvalue weighted by Gasteiger charge is -2.15. The summed E-state index contributed by atoms with van der Waals surface area (Å²) >= 11 is 3.95. The van der Waals surface area contributed by atoms with E-state index in [0.717, 1.165) is 46.7 Å². The zero-order valence-corrected chi connectivity index (χ0v) is 22.9. The quantitative estimate of drug-likeness (QED) is 0.303. The van der Waals surface area contributed by atoms with Crippen molar-refractivity contribution in [3.8, 4) is 5.75 Å². The second kappa shape index (κ2) is 12.0. The van der Waals surface area contributed by atoms with Gasteiger partial charge in [0.05, 0.1) is 0 Å². The molecule has 1 amide bonds. The first-order chi connectivity index (χ1) is 18.0. The molecule has 1 aromatic carbocycles. The lowest BCUT2D eigenvalue weighted by molar-refractivity contribution is 0.101. The summed E-state index contributed by atoms with van der Waals surface area (Å²) in [6.07, 6.45) is 4.18. The molecule has 192 valence electrons. The monoisotopic (exact) mass is 554 g/mol. The van der Waals surface area contributed by atoms with E-state index in [-0.39, 0.29) is 5.91 Å². The Morgan fingerprint density at radius 2 is 1.92 bits per heavy atom. The number of hydrogen-bond donors (Lipinski definition) is 1. The molecular formula is C24H26N8O2S3. The fourth-order valence-electron chi connectivity index (χ4n) is 3.72. The van der Waals surface area contributed by atoms with E-state index in [1.54, 1.807) is 17.8 Å². The number of anilines is 1. The molecule has 0 saturated carbocycles. The maximum Gasteiger partial charge on any atom is 0.277 e. The van der Waals surface area contributed by atoms with Crippen LogP contribution in [0.3, 0.4) is 0 Å². The van der Waals surface area contributed by atoms with E-state index < -0.39 is 0 Å². The van der Waals surface area contributed by atoms with Crippen molar-refractivity contribution in [1.29, 1.82) is 0 Å². The lowest BCUT2D eigenvalue weighted by atomic mass is 10.3. The summed E-state index contributed by atoms with van der Waals surface area (Å²) < 4.78 is 11.9. The van der Waals surface area contributed by atoms with Crippen molar-refractivity contribution in [1.82, 2.24) is 34.0 Å². The first kappa shape index (κ1) is 25.6. The zero-order chi connectivity index (χ0) is 25.6. The van der Waals surface area contributed by atoms with Gasteiger partial charge >= 0.3 is 0 Å². The van der Waals surface area contributed by atoms with E-state index in [0.29, 0.717) is 33.4 Å². The Kier molecular flexibility index (Phi) is 8.34. The van der Waals surface area contributed by atoms with Gasteiger partial charge in [0.2, 0.25) is 5.13 Å². The molecule has 5 rings (SSSR count). The van der Waals surface area contributed by atoms with Crippen LogP contribution in [0.5, 0.6) is 5.75 Å². The van der Waals surface area contributed by atoms with Crippen LogP contribution in [0.15, 0.2) is 62.7 Å². The molecular weight excluding hydrogens is 529 g/mol. The molecule has 0 spiro atoms. The molecule has 0 radical (unpaired) electrons. The largest absolute Gasteiger partial charge is 0.492 e. The summed E-state index contributed by atoms with van der Waals surface area (Å²) in [5, 5.41) is 12.6. The van der Waals surface area contributed by atoms with Crippen LogP contribution in [0, 0.1) is 6.92 Å². The molecule has 0 unspecified atom stereocenters. The smallest absolute Gasteiger partial charge is 0.277 e. The van der Waals surface area contributed by atoms with Crippen LogP contribution in [-0.2, 0) is 7.05 Å². The third kappa shape index (κ3) is 6.86. The first-order valence-corrected chi connectivity index (χ1v) is 14.2. The highest BCUT2D eigenvalue weighted by atomic mass is 32.2. The molecule has 1 N–H and O–H groups in total. The molecule has 1 saturated heterocycles. The molecule has 0 atom stereocenters. The molecule has 1 aliphatic heterocycles. The van der Waals surface area contributed by atoms with Crippen molar-refractivity contribution in [3.05, 3.63) is 54.2 Å². The molecule has 1 aliphatic rings. The van der Waals surface area contributed by atoms with Crippen molar-refractivity contribution >= 4 is 46.1 Å². The Morgan fingerprint density at radius 1 is 1.11 bits per heavy atom. The van der Waals surface area contributed by atoms with Crippen LogP contribution < -0.4 is 10.1 Å². The molecule has 4 heterocycles. The molecule has 13 heteroatoms. The number of aryl methyl sites for hydroxylation is 2. The fraction of sp³-hybridized carbons (Fsp3) is 0.333. The van der Waals surface area contributed by atoms with Gasteiger partial charge in [0.1, 0.15) is 35.2 Å². The van der Waals surface area contributed by atoms with E-state index >= 15 is 0 Å². The van der Waals surface area contributed by atoms with Gasteiger partial charge < -0.3 is 9.30 Å². The molecule has 10 nitrogen and oxygen atoms in total. The highest BCUT2D eigenvalue weighted by molar-refractivity contribution is 7.99. The number of aromatic nitrogens is 6. The van der Waals surface area contributed by atoms with Gasteiger partial charge in [-0.15, -0.1) is 10.2 Å². The lowest BCUT2D eigenvalue weighted by Crippen LogP contribution is -2.25. The second-order valence-electron chi connectivity index (χ2n) is 8.39. The van der Waals surface area contributed by atoms with Crippen molar-refractivity contribution in [2.24, 2.45) is 7.05 Å². The highest BCUT2D eigenvalue weighted by Gasteiger charge is 2.19. The number of ether oxygens (including phenoxy) is 1. The molecule has 4 aromatic rings. The number of nitrogens with one attached hydrogen (secondary N) is 1. The van der Waals surface area contributed by atoms with Gasteiger partial charge in [-0.05, 0) is 81.0 Å². The molecule has 0 bridgehead atoms. The van der Waals surface area contributed by atoms with E-state index in [4.69, 9.17) is 4.74 Å². The molecule has 3 aromatic heterocycles. The van der Waals surface area contributed by atoms with Gasteiger partial charge in [-0.3, -0.25) is 15.0 Å². The molecule has 0 aliphatic carbocycles. The van der Waals surface area contributed by atoms with Crippen molar-refractivity contribution < 1.29 is 9.53 Å². The summed E-state index contributed by atoms with van der Waals surface area (Å²) in [6.45, 7) is 5.74. The van der Waals surface area contributed by atoms with Crippen LogP contribution in [0.25, 0.3) is 0 Å². The number of amides is 1. The predicted molar refractivity (Wildman–Crippen MR) is 144 cm³/mol. The minimum Gasteiger partial charge on any atom is -0.492 e. The average molecular weight is 555 g/mol. The van der Waals surface area contributed by atoms with Crippen LogP contribution in [-0.4, -0.2) is 66.2 Å². The number of rotatable bonds is 10. The first-order valence-electron chi connectivity index (χ1n) is 11.8. The average Bonchev–Trinajstić information content (AvgIpc) is 3.65. The summed E-state index contributed by atoms with van der Waals surface area (Å²) in [5.74, 6) is 1.10. The summed E-state index contributed by atoms with van der Waals surface area (Å²) in [6, 6.07) is 11.7. The number of nitrogens with zero attached hydrogens (tertiary/aromatic N) is 7. The van der Waals surface area contributed by atoms with E-state index in [9.17, 15) is 4.79 Å². The topological polar surface area (TPSA) is 111 Å². The maximum absolute atomic E-state index is 13.2. The highest BCUT2D eigenvalue weighted by Crippen LogP contribution is 2.34. The number of likely N-dealkylation sites (tertiary alicyclic amines) is 1. The number of pyridine rings is 1. The van der Waals surface area contributed by atoms with E-state index in [1.807, 2.05) is 43.4 Å². The third-order valence-electron chi connectivity index (χ3n) is 5.59. The normalized spacial score (nSPS) is 13.7. The summed E-state index contributed by atoms with van der Waals surface area (Å²) in [4.78, 5) is 26.3. The Morgan fingerprint density at radius 3 is 2.62 bits per heavy atom. The van der Waals surface area contributed by atoms with Gasteiger partial charge in [0.25, 0.3) is 5.91 Å². The maximum atomic E-state index is 13.2. The van der Waals surface area contributed by atoms with Crippen LogP contribution in [0.4, 0.5) is 5.13 Å². The SMILES string of the molecule is Cc1nsc(NC(=O)c2nc(Sc3nncn3C)ccc2Sc2ccc(OCCN3CCCC3)cc2)n1. The van der Waals surface area contributed by atoms with Gasteiger partial charge in [-0.25, -0.2) is 9.97 Å². The Balaban J connectivity index is 1.30.